The molecule has 33 heavy (non-hydrogen) atoms. The number of ketones is 1. The molecule has 2 aromatic heterocycles. The summed E-state index contributed by atoms with van der Waals surface area (Å²) in [5.41, 5.74) is 5.33. The summed E-state index contributed by atoms with van der Waals surface area (Å²) in [6.07, 6.45) is 2.95. The van der Waals surface area contributed by atoms with Crippen LogP contribution in [0.5, 0.6) is 11.5 Å². The maximum absolute atomic E-state index is 13.4. The second-order valence-corrected chi connectivity index (χ2v) is 9.53. The van der Waals surface area contributed by atoms with Crippen molar-refractivity contribution in [1.29, 1.82) is 0 Å². The van der Waals surface area contributed by atoms with Crippen molar-refractivity contribution in [3.05, 3.63) is 64.9 Å². The fourth-order valence-corrected chi connectivity index (χ4v) is 4.71. The highest BCUT2D eigenvalue weighted by molar-refractivity contribution is 6.30. The predicted molar refractivity (Wildman–Crippen MR) is 128 cm³/mol. The van der Waals surface area contributed by atoms with E-state index in [9.17, 15) is 4.79 Å². The summed E-state index contributed by atoms with van der Waals surface area (Å²) in [6, 6.07) is 13.2. The van der Waals surface area contributed by atoms with Crippen molar-refractivity contribution in [3.63, 3.8) is 0 Å². The molecule has 0 unspecified atom stereocenters. The second-order valence-electron chi connectivity index (χ2n) is 9.09. The molecule has 0 fully saturated rings. The lowest BCUT2D eigenvalue weighted by Crippen LogP contribution is -2.29. The van der Waals surface area contributed by atoms with E-state index in [0.717, 1.165) is 28.1 Å². The Labute approximate surface area is 197 Å². The van der Waals surface area contributed by atoms with Gasteiger partial charge >= 0.3 is 0 Å². The summed E-state index contributed by atoms with van der Waals surface area (Å²) in [5, 5.41) is 5.33. The Morgan fingerprint density at radius 2 is 1.67 bits per heavy atom. The lowest BCUT2D eigenvalue weighted by Gasteiger charge is -2.30. The molecular formula is C26H24ClN3O3. The maximum Gasteiger partial charge on any atom is 0.167 e. The smallest absolute Gasteiger partial charge is 0.167 e. The summed E-state index contributed by atoms with van der Waals surface area (Å²) < 4.78 is 12.7. The van der Waals surface area contributed by atoms with Crippen LogP contribution in [-0.4, -0.2) is 34.6 Å². The molecule has 2 aromatic carbocycles. The molecule has 168 valence electrons. The molecule has 0 N–H and O–H groups in total. The van der Waals surface area contributed by atoms with Gasteiger partial charge in [0.15, 0.2) is 22.9 Å². The van der Waals surface area contributed by atoms with Gasteiger partial charge in [-0.15, -0.1) is 0 Å². The number of nitrogens with zero attached hydrogens (tertiary/aromatic N) is 3. The molecule has 1 aliphatic rings. The van der Waals surface area contributed by atoms with Crippen LogP contribution in [0.3, 0.4) is 0 Å². The first kappa shape index (κ1) is 21.5. The molecule has 0 bridgehead atoms. The SMILES string of the molecule is COc1ccc(-c2c3c(nc4c(-c5ccc(Cl)cc5)cnn24)CC(C)(C)CC3=O)cc1OC. The third-order valence-electron chi connectivity index (χ3n) is 6.10. The van der Waals surface area contributed by atoms with Crippen LogP contribution in [-0.2, 0) is 6.42 Å². The normalized spacial score (nSPS) is 14.9. The molecule has 0 aliphatic heterocycles. The van der Waals surface area contributed by atoms with Gasteiger partial charge in [-0.05, 0) is 47.7 Å². The van der Waals surface area contributed by atoms with Crippen molar-refractivity contribution in [2.24, 2.45) is 5.41 Å². The highest BCUT2D eigenvalue weighted by Gasteiger charge is 2.36. The lowest BCUT2D eigenvalue weighted by atomic mass is 9.75. The highest BCUT2D eigenvalue weighted by atomic mass is 35.5. The number of benzene rings is 2. The Morgan fingerprint density at radius 3 is 2.36 bits per heavy atom. The van der Waals surface area contributed by atoms with Gasteiger partial charge in [0.25, 0.3) is 0 Å². The topological polar surface area (TPSA) is 65.7 Å². The largest absolute Gasteiger partial charge is 0.493 e. The number of ether oxygens (including phenoxy) is 2. The maximum atomic E-state index is 13.4. The molecular weight excluding hydrogens is 438 g/mol. The first-order valence-corrected chi connectivity index (χ1v) is 11.1. The molecule has 7 heteroatoms. The minimum absolute atomic E-state index is 0.0731. The Hall–Kier alpha value is -3.38. The minimum Gasteiger partial charge on any atom is -0.493 e. The van der Waals surface area contributed by atoms with Crippen LogP contribution in [0, 0.1) is 5.41 Å². The standard InChI is InChI=1S/C26H24ClN3O3/c1-26(2)12-19-23(20(31)13-26)24(16-7-10-21(32-3)22(11-16)33-4)30-25(29-19)18(14-28-30)15-5-8-17(27)9-6-15/h5-11,14H,12-13H2,1-4H3. The molecule has 0 radical (unpaired) electrons. The van der Waals surface area contributed by atoms with Crippen LogP contribution in [0.15, 0.2) is 48.7 Å². The number of Topliss-reactive ketones (excluding diaryl/α,β-unsaturated/α-hetero) is 1. The zero-order valence-corrected chi connectivity index (χ0v) is 19.7. The van der Waals surface area contributed by atoms with Gasteiger partial charge in [0.1, 0.15) is 0 Å². The molecule has 6 nitrogen and oxygen atoms in total. The van der Waals surface area contributed by atoms with E-state index in [1.165, 1.54) is 0 Å². The van der Waals surface area contributed by atoms with E-state index in [2.05, 4.69) is 18.9 Å². The number of carbonyl (C=O) groups excluding carboxylic acids is 1. The fraction of sp³-hybridized carbons (Fsp3) is 0.269. The number of hydrogen-bond donors (Lipinski definition) is 0. The number of methoxy groups -OCH3 is 2. The average Bonchev–Trinajstić information content (AvgIpc) is 3.20. The third-order valence-corrected chi connectivity index (χ3v) is 6.35. The molecule has 4 aromatic rings. The van der Waals surface area contributed by atoms with Crippen molar-refractivity contribution in [3.8, 4) is 33.9 Å². The summed E-state index contributed by atoms with van der Waals surface area (Å²) in [6.45, 7) is 4.21. The molecule has 1 aliphatic carbocycles. The Morgan fingerprint density at radius 1 is 0.970 bits per heavy atom. The first-order chi connectivity index (χ1) is 15.8. The van der Waals surface area contributed by atoms with Gasteiger partial charge in [0.05, 0.1) is 37.4 Å². The number of hydrogen-bond acceptors (Lipinski definition) is 5. The Bertz CT molecular complexity index is 1390. The molecule has 5 rings (SSSR count). The molecule has 2 heterocycles. The number of carbonyl (C=O) groups is 1. The van der Waals surface area contributed by atoms with Crippen LogP contribution in [0.4, 0.5) is 0 Å². The van der Waals surface area contributed by atoms with Crippen LogP contribution in [0.25, 0.3) is 28.0 Å². The Balaban J connectivity index is 1.83. The van der Waals surface area contributed by atoms with E-state index >= 15 is 0 Å². The van der Waals surface area contributed by atoms with Gasteiger partial charge in [-0.3, -0.25) is 4.79 Å². The van der Waals surface area contributed by atoms with Gasteiger partial charge in [-0.2, -0.15) is 5.10 Å². The predicted octanol–water partition coefficient (Wildman–Crippen LogP) is 5.89. The van der Waals surface area contributed by atoms with Crippen LogP contribution < -0.4 is 9.47 Å². The van der Waals surface area contributed by atoms with E-state index in [4.69, 9.17) is 26.1 Å². The summed E-state index contributed by atoms with van der Waals surface area (Å²) in [5.74, 6) is 1.28. The molecule has 0 spiro atoms. The van der Waals surface area contributed by atoms with Gasteiger partial charge in [0, 0.05) is 22.6 Å². The summed E-state index contributed by atoms with van der Waals surface area (Å²) in [4.78, 5) is 18.4. The van der Waals surface area contributed by atoms with Crippen molar-refractivity contribution in [1.82, 2.24) is 14.6 Å². The molecule has 0 saturated heterocycles. The van der Waals surface area contributed by atoms with Gasteiger partial charge in [0.2, 0.25) is 0 Å². The average molecular weight is 462 g/mol. The zero-order chi connectivity index (χ0) is 23.3. The van der Waals surface area contributed by atoms with Crippen LogP contribution in [0.1, 0.15) is 36.3 Å². The number of fused-ring (bicyclic) bond motifs is 2. The third kappa shape index (κ3) is 3.64. The van der Waals surface area contributed by atoms with Crippen molar-refractivity contribution in [2.45, 2.75) is 26.7 Å². The second kappa shape index (κ2) is 7.89. The lowest BCUT2D eigenvalue weighted by molar-refractivity contribution is 0.0910. The van der Waals surface area contributed by atoms with E-state index in [0.29, 0.717) is 40.6 Å². The van der Waals surface area contributed by atoms with Gasteiger partial charge < -0.3 is 9.47 Å². The van der Waals surface area contributed by atoms with E-state index in [1.54, 1.807) is 24.9 Å². The van der Waals surface area contributed by atoms with E-state index in [1.807, 2.05) is 42.5 Å². The van der Waals surface area contributed by atoms with E-state index < -0.39 is 0 Å². The summed E-state index contributed by atoms with van der Waals surface area (Å²) in [7, 11) is 3.20. The molecule has 0 saturated carbocycles. The van der Waals surface area contributed by atoms with Crippen LogP contribution in [0.2, 0.25) is 5.02 Å². The highest BCUT2D eigenvalue weighted by Crippen LogP contribution is 2.41. The first-order valence-electron chi connectivity index (χ1n) is 10.7. The monoisotopic (exact) mass is 461 g/mol. The van der Waals surface area contributed by atoms with E-state index in [-0.39, 0.29) is 11.2 Å². The molecule has 0 atom stereocenters. The van der Waals surface area contributed by atoms with Crippen molar-refractivity contribution in [2.75, 3.05) is 14.2 Å². The zero-order valence-electron chi connectivity index (χ0n) is 19.0. The number of rotatable bonds is 4. The minimum atomic E-state index is -0.162. The van der Waals surface area contributed by atoms with Crippen molar-refractivity contribution < 1.29 is 14.3 Å². The van der Waals surface area contributed by atoms with Crippen LogP contribution >= 0.6 is 11.6 Å². The fourth-order valence-electron chi connectivity index (χ4n) is 4.58. The molecule has 0 amide bonds. The van der Waals surface area contributed by atoms with Crippen molar-refractivity contribution >= 4 is 23.0 Å². The Kier molecular flexibility index (Phi) is 5.13. The van der Waals surface area contributed by atoms with Gasteiger partial charge in [-0.1, -0.05) is 37.6 Å². The summed E-state index contributed by atoms with van der Waals surface area (Å²) >= 11 is 6.10. The quantitative estimate of drug-likeness (QED) is 0.379. The van der Waals surface area contributed by atoms with Gasteiger partial charge in [-0.25, -0.2) is 9.50 Å². The number of aromatic nitrogens is 3. The number of halogens is 1.